The van der Waals surface area contributed by atoms with E-state index in [9.17, 15) is 0 Å². The summed E-state index contributed by atoms with van der Waals surface area (Å²) in [5, 5.41) is 7.44. The molecule has 0 amide bonds. The highest BCUT2D eigenvalue weighted by Crippen LogP contribution is 2.24. The molecule has 2 N–H and O–H groups in total. The summed E-state index contributed by atoms with van der Waals surface area (Å²) in [5.41, 5.74) is 1.05. The number of nitrogens with zero attached hydrogens (tertiary/aromatic N) is 1. The first kappa shape index (κ1) is 22.5. The third kappa shape index (κ3) is 7.68. The number of hydrogen-bond acceptors (Lipinski definition) is 3. The van der Waals surface area contributed by atoms with E-state index in [0.717, 1.165) is 56.5 Å². The van der Waals surface area contributed by atoms with Crippen LogP contribution < -0.4 is 10.6 Å². The van der Waals surface area contributed by atoms with Crippen molar-refractivity contribution in [3.05, 3.63) is 34.9 Å². The first-order chi connectivity index (χ1) is 11.7. The lowest BCUT2D eigenvalue weighted by Gasteiger charge is -2.34. The Bertz CT molecular complexity index is 520. The molecule has 1 saturated heterocycles. The molecular formula is C18H29ClIN3O2. The fraction of sp³-hybridized carbons (Fsp3) is 0.611. The van der Waals surface area contributed by atoms with Crippen molar-refractivity contribution in [1.82, 2.24) is 10.6 Å². The minimum Gasteiger partial charge on any atom is -0.381 e. The first-order valence-corrected chi connectivity index (χ1v) is 8.95. The molecule has 0 unspecified atom stereocenters. The maximum Gasteiger partial charge on any atom is 0.191 e. The van der Waals surface area contributed by atoms with Gasteiger partial charge in [-0.15, -0.1) is 24.0 Å². The molecule has 0 radical (unpaired) electrons. The maximum atomic E-state index is 5.91. The summed E-state index contributed by atoms with van der Waals surface area (Å²) in [6.45, 7) is 5.83. The van der Waals surface area contributed by atoms with Crippen molar-refractivity contribution in [2.75, 3.05) is 40.0 Å². The SMILES string of the molecule is CCNC(=NCC1(OC)CCOCC1)NCCc1ccc(Cl)cc1.I. The number of aliphatic imine (C=N–C) groups is 1. The average Bonchev–Trinajstić information content (AvgIpc) is 2.62. The van der Waals surface area contributed by atoms with Gasteiger partial charge in [-0.3, -0.25) is 4.99 Å². The van der Waals surface area contributed by atoms with E-state index in [2.05, 4.69) is 29.7 Å². The quantitative estimate of drug-likeness (QED) is 0.357. The fourth-order valence-electron chi connectivity index (χ4n) is 2.71. The van der Waals surface area contributed by atoms with Crippen LogP contribution in [0.4, 0.5) is 0 Å². The van der Waals surface area contributed by atoms with Crippen molar-refractivity contribution in [1.29, 1.82) is 0 Å². The molecule has 2 rings (SSSR count). The summed E-state index contributed by atoms with van der Waals surface area (Å²) in [7, 11) is 1.77. The van der Waals surface area contributed by atoms with Gasteiger partial charge in [-0.05, 0) is 31.0 Å². The van der Waals surface area contributed by atoms with Gasteiger partial charge in [-0.2, -0.15) is 0 Å². The second-order valence-electron chi connectivity index (χ2n) is 6.00. The number of hydrogen-bond donors (Lipinski definition) is 2. The van der Waals surface area contributed by atoms with Gasteiger partial charge in [0.15, 0.2) is 5.96 Å². The van der Waals surface area contributed by atoms with Crippen molar-refractivity contribution < 1.29 is 9.47 Å². The predicted octanol–water partition coefficient (Wildman–Crippen LogP) is 3.25. The van der Waals surface area contributed by atoms with Crippen LogP contribution in [0.3, 0.4) is 0 Å². The zero-order valence-electron chi connectivity index (χ0n) is 15.0. The molecule has 1 fully saturated rings. The molecule has 7 heteroatoms. The van der Waals surface area contributed by atoms with Gasteiger partial charge in [0.2, 0.25) is 0 Å². The van der Waals surface area contributed by atoms with Crippen LogP contribution in [-0.2, 0) is 15.9 Å². The first-order valence-electron chi connectivity index (χ1n) is 8.57. The predicted molar refractivity (Wildman–Crippen MR) is 114 cm³/mol. The van der Waals surface area contributed by atoms with E-state index in [1.165, 1.54) is 5.56 Å². The normalized spacial score (nSPS) is 16.8. The molecule has 1 heterocycles. The molecule has 0 aromatic heterocycles. The third-order valence-electron chi connectivity index (χ3n) is 4.33. The standard InChI is InChI=1S/C18H28ClN3O2.HI/c1-3-20-17(21-11-8-15-4-6-16(19)7-5-15)22-14-18(23-2)9-12-24-13-10-18;/h4-7H,3,8-14H2,1-2H3,(H2,20,21,22);1H. The zero-order valence-corrected chi connectivity index (χ0v) is 18.1. The number of methoxy groups -OCH3 is 1. The Morgan fingerprint density at radius 3 is 2.52 bits per heavy atom. The Morgan fingerprint density at radius 1 is 1.24 bits per heavy atom. The summed E-state index contributed by atoms with van der Waals surface area (Å²) in [5.74, 6) is 0.828. The van der Waals surface area contributed by atoms with E-state index < -0.39 is 0 Å². The molecule has 1 aliphatic heterocycles. The van der Waals surface area contributed by atoms with Crippen LogP contribution >= 0.6 is 35.6 Å². The summed E-state index contributed by atoms with van der Waals surface area (Å²) in [6.07, 6.45) is 2.69. The average molecular weight is 482 g/mol. The smallest absolute Gasteiger partial charge is 0.191 e. The number of nitrogens with one attached hydrogen (secondary N) is 2. The van der Waals surface area contributed by atoms with Gasteiger partial charge in [0.25, 0.3) is 0 Å². The largest absolute Gasteiger partial charge is 0.381 e. The van der Waals surface area contributed by atoms with Crippen LogP contribution in [0.5, 0.6) is 0 Å². The molecule has 1 aromatic carbocycles. The number of guanidine groups is 1. The second-order valence-corrected chi connectivity index (χ2v) is 6.43. The lowest BCUT2D eigenvalue weighted by molar-refractivity contribution is -0.0828. The summed E-state index contributed by atoms with van der Waals surface area (Å²) >= 11 is 5.91. The highest BCUT2D eigenvalue weighted by molar-refractivity contribution is 14.0. The molecule has 25 heavy (non-hydrogen) atoms. The van der Waals surface area contributed by atoms with Crippen molar-refractivity contribution in [2.45, 2.75) is 31.8 Å². The van der Waals surface area contributed by atoms with Crippen molar-refractivity contribution in [3.63, 3.8) is 0 Å². The Morgan fingerprint density at radius 2 is 1.92 bits per heavy atom. The van der Waals surface area contributed by atoms with Crippen LogP contribution in [0.1, 0.15) is 25.3 Å². The van der Waals surface area contributed by atoms with Crippen molar-refractivity contribution >= 4 is 41.5 Å². The molecule has 142 valence electrons. The second kappa shape index (κ2) is 11.9. The third-order valence-corrected chi connectivity index (χ3v) is 4.58. The summed E-state index contributed by atoms with van der Waals surface area (Å²) in [4.78, 5) is 4.72. The Kier molecular flexibility index (Phi) is 10.7. The molecule has 0 aliphatic carbocycles. The molecule has 1 aromatic rings. The van der Waals surface area contributed by atoms with Crippen LogP contribution in [0.15, 0.2) is 29.3 Å². The molecule has 0 spiro atoms. The molecular weight excluding hydrogens is 453 g/mol. The van der Waals surface area contributed by atoms with Crippen molar-refractivity contribution in [3.8, 4) is 0 Å². The van der Waals surface area contributed by atoms with E-state index in [0.29, 0.717) is 6.54 Å². The van der Waals surface area contributed by atoms with E-state index in [-0.39, 0.29) is 29.6 Å². The van der Waals surface area contributed by atoms with Gasteiger partial charge >= 0.3 is 0 Å². The van der Waals surface area contributed by atoms with Crippen LogP contribution in [0.25, 0.3) is 0 Å². The molecule has 0 bridgehead atoms. The fourth-order valence-corrected chi connectivity index (χ4v) is 2.84. The number of ether oxygens (including phenoxy) is 2. The number of rotatable bonds is 7. The topological polar surface area (TPSA) is 54.9 Å². The van der Waals surface area contributed by atoms with E-state index >= 15 is 0 Å². The summed E-state index contributed by atoms with van der Waals surface area (Å²) < 4.78 is 11.2. The van der Waals surface area contributed by atoms with E-state index in [1.54, 1.807) is 7.11 Å². The molecule has 0 saturated carbocycles. The molecule has 1 aliphatic rings. The number of benzene rings is 1. The Balaban J connectivity index is 0.00000312. The lowest BCUT2D eigenvalue weighted by atomic mass is 9.94. The summed E-state index contributed by atoms with van der Waals surface area (Å²) in [6, 6.07) is 7.94. The molecule has 0 atom stereocenters. The Hall–Kier alpha value is -0.570. The minimum atomic E-state index is -0.198. The van der Waals surface area contributed by atoms with Crippen LogP contribution in [-0.4, -0.2) is 51.5 Å². The van der Waals surface area contributed by atoms with Crippen LogP contribution in [0, 0.1) is 0 Å². The van der Waals surface area contributed by atoms with Crippen LogP contribution in [0.2, 0.25) is 5.02 Å². The van der Waals surface area contributed by atoms with Gasteiger partial charge < -0.3 is 20.1 Å². The monoisotopic (exact) mass is 481 g/mol. The zero-order chi connectivity index (χ0) is 17.3. The van der Waals surface area contributed by atoms with Gasteiger partial charge in [0.1, 0.15) is 0 Å². The highest BCUT2D eigenvalue weighted by Gasteiger charge is 2.32. The van der Waals surface area contributed by atoms with Gasteiger partial charge in [0.05, 0.1) is 12.1 Å². The maximum absolute atomic E-state index is 5.91. The Labute approximate surface area is 172 Å². The van der Waals surface area contributed by atoms with Gasteiger partial charge in [-0.25, -0.2) is 0 Å². The lowest BCUT2D eigenvalue weighted by Crippen LogP contribution is -2.44. The van der Waals surface area contributed by atoms with Crippen molar-refractivity contribution in [2.24, 2.45) is 4.99 Å². The minimum absolute atomic E-state index is 0. The highest BCUT2D eigenvalue weighted by atomic mass is 127. The van der Waals surface area contributed by atoms with E-state index in [1.807, 2.05) is 12.1 Å². The molecule has 5 nitrogen and oxygen atoms in total. The van der Waals surface area contributed by atoms with E-state index in [4.69, 9.17) is 26.1 Å². The number of halogens is 2. The van der Waals surface area contributed by atoms with Gasteiger partial charge in [0, 0.05) is 51.3 Å². The van der Waals surface area contributed by atoms with Gasteiger partial charge in [-0.1, -0.05) is 23.7 Å².